The van der Waals surface area contributed by atoms with Crippen molar-refractivity contribution in [2.24, 2.45) is 0 Å². The van der Waals surface area contributed by atoms with E-state index in [0.29, 0.717) is 48.5 Å². The number of carbonyl (C=O) groups is 2. The molecule has 9 heteroatoms. The van der Waals surface area contributed by atoms with Gasteiger partial charge in [0.05, 0.1) is 29.2 Å². The Bertz CT molecular complexity index is 862. The molecular weight excluding hydrogens is 396 g/mol. The number of urea groups is 1. The summed E-state index contributed by atoms with van der Waals surface area (Å²) in [4.78, 5) is 32.6. The van der Waals surface area contributed by atoms with E-state index in [-0.39, 0.29) is 11.9 Å². The molecule has 1 atom stereocenters. The Morgan fingerprint density at radius 1 is 1.31 bits per heavy atom. The van der Waals surface area contributed by atoms with Crippen LogP contribution in [0.3, 0.4) is 0 Å². The number of amides is 3. The number of benzene rings is 1. The van der Waals surface area contributed by atoms with E-state index >= 15 is 0 Å². The number of methoxy groups -OCH3 is 1. The summed E-state index contributed by atoms with van der Waals surface area (Å²) >= 11 is 6.21. The van der Waals surface area contributed by atoms with Crippen LogP contribution in [0.5, 0.6) is 5.88 Å². The lowest BCUT2D eigenvalue weighted by Gasteiger charge is -2.24. The van der Waals surface area contributed by atoms with Crippen molar-refractivity contribution in [1.29, 1.82) is 0 Å². The van der Waals surface area contributed by atoms with Crippen LogP contribution in [0.4, 0.5) is 16.2 Å². The summed E-state index contributed by atoms with van der Waals surface area (Å²) < 4.78 is 10.3. The fourth-order valence-corrected chi connectivity index (χ4v) is 3.29. The molecule has 0 aliphatic carbocycles. The number of para-hydroxylation sites is 1. The average Bonchev–Trinajstić information content (AvgIpc) is 3.10. The Kier molecular flexibility index (Phi) is 6.90. The molecule has 3 rings (SSSR count). The highest BCUT2D eigenvalue weighted by Gasteiger charge is 2.37. The molecule has 0 bridgehead atoms. The van der Waals surface area contributed by atoms with Crippen LogP contribution in [0, 0.1) is 0 Å². The van der Waals surface area contributed by atoms with Crippen molar-refractivity contribution in [3.8, 4) is 5.88 Å². The number of aromatic nitrogens is 1. The van der Waals surface area contributed by atoms with E-state index in [1.54, 1.807) is 43.3 Å². The third-order valence-electron chi connectivity index (χ3n) is 4.63. The zero-order valence-corrected chi connectivity index (χ0v) is 17.1. The lowest BCUT2D eigenvalue weighted by atomic mass is 10.2. The van der Waals surface area contributed by atoms with Crippen LogP contribution in [0.15, 0.2) is 42.6 Å². The highest BCUT2D eigenvalue weighted by atomic mass is 35.5. The van der Waals surface area contributed by atoms with E-state index < -0.39 is 6.04 Å². The highest BCUT2D eigenvalue weighted by Crippen LogP contribution is 2.30. The number of ether oxygens (including phenoxy) is 2. The van der Waals surface area contributed by atoms with E-state index in [9.17, 15) is 9.59 Å². The average molecular weight is 419 g/mol. The Balaban J connectivity index is 1.59. The monoisotopic (exact) mass is 418 g/mol. The van der Waals surface area contributed by atoms with Crippen LogP contribution < -0.4 is 15.0 Å². The van der Waals surface area contributed by atoms with E-state index in [4.69, 9.17) is 21.1 Å². The normalized spacial score (nSPS) is 16.0. The summed E-state index contributed by atoms with van der Waals surface area (Å²) in [6.45, 7) is 1.36. The summed E-state index contributed by atoms with van der Waals surface area (Å²) in [5, 5.41) is 3.25. The Morgan fingerprint density at radius 3 is 2.79 bits per heavy atom. The number of likely N-dealkylation sites (N-methyl/N-ethyl adjacent to an activating group) is 1. The Morgan fingerprint density at radius 2 is 2.10 bits per heavy atom. The van der Waals surface area contributed by atoms with E-state index in [2.05, 4.69) is 10.3 Å². The summed E-state index contributed by atoms with van der Waals surface area (Å²) in [5.74, 6) is 0.283. The molecule has 29 heavy (non-hydrogen) atoms. The first kappa shape index (κ1) is 20.9. The molecule has 3 amide bonds. The number of rotatable bonds is 7. The number of pyridine rings is 1. The van der Waals surface area contributed by atoms with Crippen molar-refractivity contribution in [1.82, 2.24) is 9.88 Å². The first-order valence-electron chi connectivity index (χ1n) is 9.18. The lowest BCUT2D eigenvalue weighted by Crippen LogP contribution is -2.44. The van der Waals surface area contributed by atoms with Gasteiger partial charge in [-0.1, -0.05) is 23.7 Å². The van der Waals surface area contributed by atoms with Crippen molar-refractivity contribution < 1.29 is 19.1 Å². The second-order valence-electron chi connectivity index (χ2n) is 6.51. The number of nitrogens with zero attached hydrogens (tertiary/aromatic N) is 3. The van der Waals surface area contributed by atoms with Gasteiger partial charge in [-0.05, 0) is 24.6 Å². The number of nitrogens with one attached hydrogen (secondary N) is 1. The Labute approximate surface area is 174 Å². The third-order valence-corrected chi connectivity index (χ3v) is 4.95. The maximum absolute atomic E-state index is 12.8. The van der Waals surface area contributed by atoms with Gasteiger partial charge in [-0.25, -0.2) is 9.78 Å². The minimum Gasteiger partial charge on any atom is -0.475 e. The largest absolute Gasteiger partial charge is 0.475 e. The zero-order valence-electron chi connectivity index (χ0n) is 16.3. The molecule has 1 aromatic heterocycles. The molecule has 0 radical (unpaired) electrons. The first-order valence-corrected chi connectivity index (χ1v) is 9.56. The number of halogens is 1. The van der Waals surface area contributed by atoms with Crippen molar-refractivity contribution >= 4 is 34.9 Å². The van der Waals surface area contributed by atoms with Gasteiger partial charge in [-0.3, -0.25) is 4.79 Å². The predicted octanol–water partition coefficient (Wildman–Crippen LogP) is 3.03. The van der Waals surface area contributed by atoms with Gasteiger partial charge >= 0.3 is 6.03 Å². The molecule has 2 aromatic rings. The number of carbonyl (C=O) groups excluding carboxylic acids is 2. The van der Waals surface area contributed by atoms with Crippen molar-refractivity contribution in [2.75, 3.05) is 44.1 Å². The van der Waals surface area contributed by atoms with Crippen molar-refractivity contribution in [2.45, 2.75) is 12.5 Å². The minimum absolute atomic E-state index is 0.157. The molecule has 0 saturated carbocycles. The fraction of sp³-hybridized carbons (Fsp3) is 0.350. The minimum atomic E-state index is -0.559. The molecule has 0 spiro atoms. The third kappa shape index (κ3) is 4.96. The molecule has 1 N–H and O–H groups in total. The smallest absolute Gasteiger partial charge is 0.322 e. The molecule has 1 aliphatic rings. The van der Waals surface area contributed by atoms with E-state index in [1.165, 1.54) is 11.1 Å². The van der Waals surface area contributed by atoms with Gasteiger partial charge in [0, 0.05) is 26.8 Å². The zero-order chi connectivity index (χ0) is 20.8. The summed E-state index contributed by atoms with van der Waals surface area (Å²) in [7, 11) is 3.19. The second-order valence-corrected chi connectivity index (χ2v) is 6.92. The van der Waals surface area contributed by atoms with Crippen LogP contribution in [0.25, 0.3) is 0 Å². The molecular formula is C20H23ClN4O4. The van der Waals surface area contributed by atoms with Crippen LogP contribution in [-0.2, 0) is 9.53 Å². The first-order chi connectivity index (χ1) is 14.0. The summed E-state index contributed by atoms with van der Waals surface area (Å²) in [6, 6.07) is 9.57. The van der Waals surface area contributed by atoms with E-state index in [1.807, 2.05) is 12.1 Å². The topological polar surface area (TPSA) is 84.0 Å². The molecule has 154 valence electrons. The van der Waals surface area contributed by atoms with Crippen LogP contribution in [0.2, 0.25) is 5.02 Å². The fourth-order valence-electron chi connectivity index (χ4n) is 3.06. The summed E-state index contributed by atoms with van der Waals surface area (Å²) in [5.41, 5.74) is 1.16. The van der Waals surface area contributed by atoms with Gasteiger partial charge in [0.1, 0.15) is 12.6 Å². The molecule has 2 heterocycles. The second kappa shape index (κ2) is 9.58. The molecule has 1 fully saturated rings. The quantitative estimate of drug-likeness (QED) is 0.699. The van der Waals surface area contributed by atoms with Gasteiger partial charge in [0.15, 0.2) is 0 Å². The maximum atomic E-state index is 12.8. The van der Waals surface area contributed by atoms with Gasteiger partial charge in [0.2, 0.25) is 11.8 Å². The maximum Gasteiger partial charge on any atom is 0.322 e. The number of hydrogen-bond donors (Lipinski definition) is 1. The molecule has 0 unspecified atom stereocenters. The van der Waals surface area contributed by atoms with Crippen LogP contribution >= 0.6 is 11.6 Å². The van der Waals surface area contributed by atoms with E-state index in [0.717, 1.165) is 0 Å². The standard InChI is InChI=1S/C20H23ClN4O4/c1-24(17-9-10-25(19(17)26)16-6-4-3-5-15(16)21)20(27)23-14-7-8-18(22-13-14)29-12-11-28-2/h3-8,13,17H,9-12H2,1-2H3,(H,23,27)/t17-/m1/s1. The van der Waals surface area contributed by atoms with Crippen molar-refractivity contribution in [3.63, 3.8) is 0 Å². The van der Waals surface area contributed by atoms with Gasteiger partial charge in [-0.15, -0.1) is 0 Å². The van der Waals surface area contributed by atoms with Crippen molar-refractivity contribution in [3.05, 3.63) is 47.6 Å². The van der Waals surface area contributed by atoms with Crippen LogP contribution in [0.1, 0.15) is 6.42 Å². The molecule has 1 aromatic carbocycles. The predicted molar refractivity (Wildman–Crippen MR) is 111 cm³/mol. The number of anilines is 2. The number of hydrogen-bond acceptors (Lipinski definition) is 5. The molecule has 1 saturated heterocycles. The van der Waals surface area contributed by atoms with Gasteiger partial charge in [-0.2, -0.15) is 0 Å². The van der Waals surface area contributed by atoms with Crippen LogP contribution in [-0.4, -0.2) is 61.8 Å². The molecule has 8 nitrogen and oxygen atoms in total. The van der Waals surface area contributed by atoms with Gasteiger partial charge < -0.3 is 24.6 Å². The Hall–Kier alpha value is -2.84. The SMILES string of the molecule is COCCOc1ccc(NC(=O)N(C)[C@@H]2CCN(c3ccccc3Cl)C2=O)cn1. The summed E-state index contributed by atoms with van der Waals surface area (Å²) in [6.07, 6.45) is 2.03. The van der Waals surface area contributed by atoms with Gasteiger partial charge in [0.25, 0.3) is 0 Å². The highest BCUT2D eigenvalue weighted by molar-refractivity contribution is 6.34. The lowest BCUT2D eigenvalue weighted by molar-refractivity contribution is -0.120. The molecule has 1 aliphatic heterocycles.